The third kappa shape index (κ3) is 4.56. The molecule has 168 valence electrons. The molecule has 0 bridgehead atoms. The van der Waals surface area contributed by atoms with E-state index in [4.69, 9.17) is 5.11 Å². The Balaban J connectivity index is 0.000000248. The van der Waals surface area contributed by atoms with E-state index in [9.17, 15) is 19.2 Å². The van der Waals surface area contributed by atoms with Crippen LogP contribution in [0.1, 0.15) is 40.0 Å². The average molecular weight is 440 g/mol. The van der Waals surface area contributed by atoms with Crippen LogP contribution >= 0.6 is 12.6 Å². The minimum Gasteiger partial charge on any atom is -0.477 e. The van der Waals surface area contributed by atoms with Gasteiger partial charge in [-0.2, -0.15) is 0 Å². The average Bonchev–Trinajstić information content (AvgIpc) is 3.15. The fraction of sp³-hybridized carbons (Fsp3) is 0.714. The SMILES string of the molecule is CC(=O)C[C@H](C)[C@H]1C(=O)N2C(C(=O)O)=C(S)[C@H](C)[C@@H]12.CN(C)C(=O)[C@@H]1CCCN1C. The number of likely N-dealkylation sites (tertiary alicyclic amines) is 1. The maximum absolute atomic E-state index is 12.2. The number of likely N-dealkylation sites (N-methyl/N-ethyl adjacent to an activating group) is 2. The number of thiol groups is 1. The third-order valence-corrected chi connectivity index (χ3v) is 6.91. The fourth-order valence-corrected chi connectivity index (χ4v) is 5.08. The molecule has 0 spiro atoms. The van der Waals surface area contributed by atoms with Crippen molar-refractivity contribution < 1.29 is 24.3 Å². The molecule has 3 aliphatic rings. The van der Waals surface area contributed by atoms with Crippen molar-refractivity contribution in [1.29, 1.82) is 0 Å². The highest BCUT2D eigenvalue weighted by Gasteiger charge is 2.59. The summed E-state index contributed by atoms with van der Waals surface area (Å²) in [6, 6.07) is -0.0227. The molecule has 2 fully saturated rings. The van der Waals surface area contributed by atoms with E-state index in [1.807, 2.05) is 35.0 Å². The lowest BCUT2D eigenvalue weighted by Gasteiger charge is -2.47. The maximum Gasteiger partial charge on any atom is 0.353 e. The molecule has 3 heterocycles. The molecule has 0 unspecified atom stereocenters. The smallest absolute Gasteiger partial charge is 0.353 e. The molecule has 0 radical (unpaired) electrons. The number of hydrogen-bond donors (Lipinski definition) is 2. The van der Waals surface area contributed by atoms with Gasteiger partial charge in [0.2, 0.25) is 11.8 Å². The Morgan fingerprint density at radius 3 is 2.33 bits per heavy atom. The Bertz CT molecular complexity index is 766. The molecule has 8 nitrogen and oxygen atoms in total. The Kier molecular flexibility index (Phi) is 7.74. The molecule has 0 aromatic carbocycles. The van der Waals surface area contributed by atoms with Crippen molar-refractivity contribution in [3.63, 3.8) is 0 Å². The topological polar surface area (TPSA) is 98.2 Å². The molecule has 3 rings (SSSR count). The van der Waals surface area contributed by atoms with E-state index < -0.39 is 5.97 Å². The van der Waals surface area contributed by atoms with Crippen molar-refractivity contribution >= 4 is 36.2 Å². The molecule has 0 saturated carbocycles. The number of hydrogen-bond acceptors (Lipinski definition) is 6. The Morgan fingerprint density at radius 1 is 1.30 bits per heavy atom. The van der Waals surface area contributed by atoms with Gasteiger partial charge in [-0.3, -0.25) is 14.5 Å². The van der Waals surface area contributed by atoms with Crippen molar-refractivity contribution in [2.24, 2.45) is 17.8 Å². The van der Waals surface area contributed by atoms with Gasteiger partial charge in [-0.25, -0.2) is 4.79 Å². The molecule has 5 atom stereocenters. The van der Waals surface area contributed by atoms with E-state index in [1.54, 1.807) is 4.90 Å². The van der Waals surface area contributed by atoms with Crippen LogP contribution in [0.2, 0.25) is 0 Å². The van der Waals surface area contributed by atoms with Crippen molar-refractivity contribution in [3.05, 3.63) is 10.6 Å². The number of ketones is 1. The molecule has 0 aromatic rings. The Labute approximate surface area is 183 Å². The van der Waals surface area contributed by atoms with Crippen molar-refractivity contribution in [1.82, 2.24) is 14.7 Å². The first-order chi connectivity index (χ1) is 13.9. The number of β-lactam (4-membered cyclic amide) rings is 1. The number of carbonyl (C=O) groups excluding carboxylic acids is 3. The van der Waals surface area contributed by atoms with E-state index in [0.29, 0.717) is 11.3 Å². The predicted molar refractivity (Wildman–Crippen MR) is 116 cm³/mol. The predicted octanol–water partition coefficient (Wildman–Crippen LogP) is 1.47. The van der Waals surface area contributed by atoms with Crippen LogP contribution in [0.5, 0.6) is 0 Å². The van der Waals surface area contributed by atoms with Gasteiger partial charge in [0.05, 0.1) is 18.0 Å². The normalized spacial score (nSPS) is 29.0. The number of carbonyl (C=O) groups is 4. The zero-order valence-corrected chi connectivity index (χ0v) is 19.5. The summed E-state index contributed by atoms with van der Waals surface area (Å²) in [5.74, 6) is -1.48. The van der Waals surface area contributed by atoms with Crippen molar-refractivity contribution in [2.45, 2.75) is 52.1 Å². The first-order valence-corrected chi connectivity index (χ1v) is 10.7. The first kappa shape index (κ1) is 24.4. The molecule has 1 N–H and O–H groups in total. The number of Topliss-reactive ketones (excluding diaryl/α,β-unsaturated/α-hetero) is 1. The molecule has 0 aromatic heterocycles. The number of nitrogens with zero attached hydrogens (tertiary/aromatic N) is 3. The zero-order chi connectivity index (χ0) is 22.9. The number of carboxylic acids is 1. The lowest BCUT2D eigenvalue weighted by Crippen LogP contribution is -2.62. The number of carboxylic acid groups (broad SMARTS) is 1. The van der Waals surface area contributed by atoms with Gasteiger partial charge < -0.3 is 19.7 Å². The van der Waals surface area contributed by atoms with E-state index in [1.165, 1.54) is 11.8 Å². The summed E-state index contributed by atoms with van der Waals surface area (Å²) in [6.45, 7) is 6.30. The lowest BCUT2D eigenvalue weighted by molar-refractivity contribution is -0.160. The molecule has 3 aliphatic heterocycles. The quantitative estimate of drug-likeness (QED) is 0.497. The second kappa shape index (κ2) is 9.51. The van der Waals surface area contributed by atoms with Gasteiger partial charge in [-0.15, -0.1) is 12.6 Å². The molecule has 30 heavy (non-hydrogen) atoms. The van der Waals surface area contributed by atoms with Gasteiger partial charge in [0.1, 0.15) is 11.5 Å². The summed E-state index contributed by atoms with van der Waals surface area (Å²) in [5.41, 5.74) is -0.00268. The Morgan fingerprint density at radius 2 is 1.90 bits per heavy atom. The molecule has 2 amide bonds. The van der Waals surface area contributed by atoms with Crippen LogP contribution in [0.25, 0.3) is 0 Å². The highest BCUT2D eigenvalue weighted by molar-refractivity contribution is 7.84. The van der Waals surface area contributed by atoms with Crippen LogP contribution in [0.4, 0.5) is 0 Å². The van der Waals surface area contributed by atoms with Crippen LogP contribution in [0.3, 0.4) is 0 Å². The second-order valence-corrected chi connectivity index (χ2v) is 9.29. The molecule has 2 saturated heterocycles. The van der Waals surface area contributed by atoms with Crippen molar-refractivity contribution in [3.8, 4) is 0 Å². The zero-order valence-electron chi connectivity index (χ0n) is 18.6. The summed E-state index contributed by atoms with van der Waals surface area (Å²) < 4.78 is 0. The van der Waals surface area contributed by atoms with Crippen LogP contribution in [-0.4, -0.2) is 83.1 Å². The van der Waals surface area contributed by atoms with Crippen LogP contribution < -0.4 is 0 Å². The van der Waals surface area contributed by atoms with E-state index >= 15 is 0 Å². The molecular weight excluding hydrogens is 406 g/mol. The summed E-state index contributed by atoms with van der Waals surface area (Å²) in [6.07, 6.45) is 2.52. The van der Waals surface area contributed by atoms with Crippen molar-refractivity contribution in [2.75, 3.05) is 27.7 Å². The van der Waals surface area contributed by atoms with Gasteiger partial charge in [-0.1, -0.05) is 13.8 Å². The van der Waals surface area contributed by atoms with Gasteiger partial charge in [-0.05, 0) is 39.3 Å². The molecule has 9 heteroatoms. The fourth-order valence-electron chi connectivity index (χ4n) is 4.72. The minimum atomic E-state index is -1.12. The van der Waals surface area contributed by atoms with Crippen LogP contribution in [0, 0.1) is 17.8 Å². The van der Waals surface area contributed by atoms with Crippen LogP contribution in [-0.2, 0) is 19.2 Å². The van der Waals surface area contributed by atoms with Gasteiger partial charge in [0, 0.05) is 31.3 Å². The summed E-state index contributed by atoms with van der Waals surface area (Å²) >= 11 is 4.24. The Hall–Kier alpha value is -1.87. The summed E-state index contributed by atoms with van der Waals surface area (Å²) in [7, 11) is 5.64. The van der Waals surface area contributed by atoms with Gasteiger partial charge >= 0.3 is 5.97 Å². The van der Waals surface area contributed by atoms with Crippen LogP contribution in [0.15, 0.2) is 10.6 Å². The number of amides is 2. The first-order valence-electron chi connectivity index (χ1n) is 10.3. The van der Waals surface area contributed by atoms with Gasteiger partial charge in [0.15, 0.2) is 0 Å². The monoisotopic (exact) mass is 439 g/mol. The molecular formula is C21H33N3O5S. The lowest BCUT2D eigenvalue weighted by atomic mass is 9.73. The largest absolute Gasteiger partial charge is 0.477 e. The third-order valence-electron chi connectivity index (χ3n) is 6.29. The molecule has 0 aliphatic carbocycles. The van der Waals surface area contributed by atoms with Gasteiger partial charge in [0.25, 0.3) is 0 Å². The summed E-state index contributed by atoms with van der Waals surface area (Å²) in [5, 5.41) is 9.16. The minimum absolute atomic E-state index is 0.00268. The number of fused-ring (bicyclic) bond motifs is 1. The number of rotatable bonds is 5. The van der Waals surface area contributed by atoms with E-state index in [-0.39, 0.29) is 53.1 Å². The van der Waals surface area contributed by atoms with E-state index in [0.717, 1.165) is 19.4 Å². The number of aliphatic carboxylic acids is 1. The summed E-state index contributed by atoms with van der Waals surface area (Å²) in [4.78, 5) is 51.5. The second-order valence-electron chi connectivity index (χ2n) is 8.81. The van der Waals surface area contributed by atoms with E-state index in [2.05, 4.69) is 17.5 Å². The highest BCUT2D eigenvalue weighted by Crippen LogP contribution is 2.49. The maximum atomic E-state index is 12.2. The standard InChI is InChI=1S/C13H17NO4S.C8H16N2O/c1-5(4-6(2)15)8-9-7(3)11(19)10(13(17)18)14(9)12(8)16;1-9(2)8(11)7-5-4-6-10(7)3/h5,7-9,19H,4H2,1-3H3,(H,17,18);7H,4-6H2,1-3H3/t5-,7+,8+,9-;7-/m00/s1. The highest BCUT2D eigenvalue weighted by atomic mass is 32.1.